The summed E-state index contributed by atoms with van der Waals surface area (Å²) < 4.78 is 51.4. The molecule has 0 atom stereocenters. The number of nitrogens with one attached hydrogen (secondary N) is 1. The first-order valence-corrected chi connectivity index (χ1v) is 19.4. The molecule has 10 nitrogen and oxygen atoms in total. The second kappa shape index (κ2) is 18.4. The molecule has 0 saturated heterocycles. The number of carbonyl (C=O) groups is 1. The molecule has 6 rings (SSSR count). The van der Waals surface area contributed by atoms with E-state index in [0.717, 1.165) is 43.7 Å². The van der Waals surface area contributed by atoms with E-state index in [1.165, 1.54) is 17.0 Å². The lowest BCUT2D eigenvalue weighted by atomic mass is 10.1. The summed E-state index contributed by atoms with van der Waals surface area (Å²) in [5.41, 5.74) is 3.46. The minimum Gasteiger partial charge on any atom is -0.493 e. The van der Waals surface area contributed by atoms with Gasteiger partial charge in [-0.05, 0) is 108 Å². The molecular formula is C41H46Br2F2N6O4. The van der Waals surface area contributed by atoms with Crippen LogP contribution in [-0.4, -0.2) is 76.6 Å². The summed E-state index contributed by atoms with van der Waals surface area (Å²) in [6.07, 6.45) is 1.09. The van der Waals surface area contributed by atoms with Gasteiger partial charge in [0.05, 0.1) is 24.2 Å². The standard InChI is InChI=1S/C23H27BrFN3O3.C18H19BrFN3O/c1-23(2,3)31-22(29)27(4)11-6-12-30-16-8-10-17(19(25)14-16)21-18-9-7-15(24)13-20(18)28(5)26-21;1-21-8-3-9-24-13-5-7-14(16(20)11-13)18-15-6-4-12(19)10-17(15)23(2)22-18/h7-10,13-14H,6,11-12H2,1-5H3;4-7,10-11,21H,3,8-9H2,1-2H3. The minimum absolute atomic E-state index is 0.330. The summed E-state index contributed by atoms with van der Waals surface area (Å²) in [4.78, 5) is 13.5. The maximum absolute atomic E-state index is 14.8. The van der Waals surface area contributed by atoms with Crippen molar-refractivity contribution < 1.29 is 27.8 Å². The van der Waals surface area contributed by atoms with E-state index in [4.69, 9.17) is 14.2 Å². The predicted octanol–water partition coefficient (Wildman–Crippen LogP) is 9.91. The Hall–Kier alpha value is -4.53. The highest BCUT2D eigenvalue weighted by Gasteiger charge is 2.20. The Morgan fingerprint density at radius 3 is 1.67 bits per heavy atom. The summed E-state index contributed by atoms with van der Waals surface area (Å²) in [6, 6.07) is 21.4. The lowest BCUT2D eigenvalue weighted by molar-refractivity contribution is 0.0292. The number of nitrogens with zero attached hydrogens (tertiary/aromatic N) is 5. The number of rotatable bonds is 12. The molecule has 2 heterocycles. The molecule has 0 fully saturated rings. The molecule has 0 bridgehead atoms. The fraction of sp³-hybridized carbons (Fsp3) is 0.341. The number of aromatic nitrogens is 4. The molecule has 0 spiro atoms. The van der Waals surface area contributed by atoms with E-state index >= 15 is 0 Å². The number of hydrogen-bond acceptors (Lipinski definition) is 7. The van der Waals surface area contributed by atoms with E-state index in [1.807, 2.05) is 78.3 Å². The molecule has 0 aliphatic carbocycles. The van der Waals surface area contributed by atoms with Gasteiger partial charge in [0, 0.05) is 70.7 Å². The van der Waals surface area contributed by atoms with Crippen molar-refractivity contribution in [3.05, 3.63) is 93.4 Å². The van der Waals surface area contributed by atoms with Crippen LogP contribution in [0.3, 0.4) is 0 Å². The van der Waals surface area contributed by atoms with Crippen LogP contribution < -0.4 is 14.8 Å². The van der Waals surface area contributed by atoms with Gasteiger partial charge in [0.15, 0.2) is 0 Å². The van der Waals surface area contributed by atoms with Crippen LogP contribution in [0.15, 0.2) is 81.7 Å². The summed E-state index contributed by atoms with van der Waals surface area (Å²) in [7, 11) is 7.26. The van der Waals surface area contributed by atoms with Crippen molar-refractivity contribution in [2.24, 2.45) is 14.1 Å². The number of carbonyl (C=O) groups excluding carboxylic acids is 1. The zero-order chi connectivity index (χ0) is 39.9. The Balaban J connectivity index is 0.000000218. The molecule has 2 aromatic heterocycles. The van der Waals surface area contributed by atoms with Gasteiger partial charge in [-0.25, -0.2) is 13.6 Å². The molecule has 14 heteroatoms. The van der Waals surface area contributed by atoms with Gasteiger partial charge in [-0.1, -0.05) is 31.9 Å². The van der Waals surface area contributed by atoms with Crippen LogP contribution in [0, 0.1) is 11.6 Å². The number of benzene rings is 4. The highest BCUT2D eigenvalue weighted by molar-refractivity contribution is 9.10. The van der Waals surface area contributed by atoms with E-state index in [0.29, 0.717) is 60.2 Å². The number of halogens is 4. The van der Waals surface area contributed by atoms with Crippen molar-refractivity contribution in [3.8, 4) is 34.0 Å². The monoisotopic (exact) mass is 882 g/mol. The van der Waals surface area contributed by atoms with Crippen LogP contribution in [0.1, 0.15) is 33.6 Å². The molecule has 0 aliphatic heterocycles. The number of ether oxygens (including phenoxy) is 3. The Morgan fingerprint density at radius 2 is 1.24 bits per heavy atom. The van der Waals surface area contributed by atoms with Crippen LogP contribution in [0.2, 0.25) is 0 Å². The molecular weight excluding hydrogens is 838 g/mol. The average Bonchev–Trinajstić information content (AvgIpc) is 3.62. The number of amides is 1. The zero-order valence-electron chi connectivity index (χ0n) is 32.1. The molecule has 0 radical (unpaired) electrons. The fourth-order valence-electron chi connectivity index (χ4n) is 5.78. The zero-order valence-corrected chi connectivity index (χ0v) is 35.2. The average molecular weight is 885 g/mol. The Labute approximate surface area is 337 Å². The van der Waals surface area contributed by atoms with Crippen LogP contribution >= 0.6 is 31.9 Å². The molecule has 0 saturated carbocycles. The molecule has 0 aliphatic rings. The van der Waals surface area contributed by atoms with Gasteiger partial charge in [0.1, 0.15) is 40.1 Å². The van der Waals surface area contributed by atoms with E-state index in [2.05, 4.69) is 47.4 Å². The third-order valence-electron chi connectivity index (χ3n) is 8.47. The topological polar surface area (TPSA) is 95.7 Å². The van der Waals surface area contributed by atoms with Crippen LogP contribution in [0.5, 0.6) is 11.5 Å². The molecule has 6 aromatic rings. The fourth-order valence-corrected chi connectivity index (χ4v) is 6.47. The number of hydrogen-bond donors (Lipinski definition) is 1. The lowest BCUT2D eigenvalue weighted by Gasteiger charge is -2.24. The van der Waals surface area contributed by atoms with Crippen LogP contribution in [0.25, 0.3) is 44.3 Å². The van der Waals surface area contributed by atoms with E-state index in [1.54, 1.807) is 40.7 Å². The van der Waals surface area contributed by atoms with Gasteiger partial charge in [-0.2, -0.15) is 10.2 Å². The summed E-state index contributed by atoms with van der Waals surface area (Å²) in [5, 5.41) is 13.8. The van der Waals surface area contributed by atoms with Crippen molar-refractivity contribution in [1.29, 1.82) is 0 Å². The van der Waals surface area contributed by atoms with Crippen LogP contribution in [-0.2, 0) is 18.8 Å². The van der Waals surface area contributed by atoms with Gasteiger partial charge < -0.3 is 24.4 Å². The maximum atomic E-state index is 14.8. The predicted molar refractivity (Wildman–Crippen MR) is 221 cm³/mol. The summed E-state index contributed by atoms with van der Waals surface area (Å²) in [5.74, 6) is 0.245. The van der Waals surface area contributed by atoms with Crippen molar-refractivity contribution >= 4 is 59.8 Å². The minimum atomic E-state index is -0.531. The van der Waals surface area contributed by atoms with Crippen molar-refractivity contribution in [1.82, 2.24) is 29.8 Å². The number of fused-ring (bicyclic) bond motifs is 2. The Kier molecular flexibility index (Phi) is 13.9. The molecule has 4 aromatic carbocycles. The maximum Gasteiger partial charge on any atom is 0.410 e. The quantitative estimate of drug-likeness (QED) is 0.122. The largest absolute Gasteiger partial charge is 0.493 e. The number of aryl methyl sites for hydroxylation is 2. The summed E-state index contributed by atoms with van der Waals surface area (Å²) >= 11 is 6.91. The van der Waals surface area contributed by atoms with E-state index in [-0.39, 0.29) is 11.9 Å². The third-order valence-corrected chi connectivity index (χ3v) is 9.46. The van der Waals surface area contributed by atoms with E-state index < -0.39 is 11.4 Å². The Morgan fingerprint density at radius 1 is 0.764 bits per heavy atom. The summed E-state index contributed by atoms with van der Waals surface area (Å²) in [6.45, 7) is 7.74. The normalized spacial score (nSPS) is 11.4. The van der Waals surface area contributed by atoms with Gasteiger partial charge in [0.2, 0.25) is 0 Å². The molecule has 292 valence electrons. The highest BCUT2D eigenvalue weighted by Crippen LogP contribution is 2.34. The lowest BCUT2D eigenvalue weighted by Crippen LogP contribution is -2.35. The van der Waals surface area contributed by atoms with Gasteiger partial charge in [-0.15, -0.1) is 0 Å². The smallest absolute Gasteiger partial charge is 0.410 e. The third kappa shape index (κ3) is 10.8. The second-order valence-corrected chi connectivity index (χ2v) is 15.8. The highest BCUT2D eigenvalue weighted by atomic mass is 79.9. The molecule has 0 unspecified atom stereocenters. The molecule has 55 heavy (non-hydrogen) atoms. The van der Waals surface area contributed by atoms with Gasteiger partial charge in [-0.3, -0.25) is 9.36 Å². The van der Waals surface area contributed by atoms with Crippen LogP contribution in [0.4, 0.5) is 13.6 Å². The first-order valence-electron chi connectivity index (χ1n) is 17.8. The van der Waals surface area contributed by atoms with Crippen molar-refractivity contribution in [3.63, 3.8) is 0 Å². The van der Waals surface area contributed by atoms with Gasteiger partial charge in [0.25, 0.3) is 0 Å². The van der Waals surface area contributed by atoms with Crippen molar-refractivity contribution in [2.45, 2.75) is 39.2 Å². The second-order valence-electron chi connectivity index (χ2n) is 14.0. The first kappa shape index (κ1) is 41.6. The van der Waals surface area contributed by atoms with E-state index in [9.17, 15) is 13.6 Å². The Bertz CT molecular complexity index is 2270. The van der Waals surface area contributed by atoms with Gasteiger partial charge >= 0.3 is 6.09 Å². The first-order chi connectivity index (χ1) is 26.1. The van der Waals surface area contributed by atoms with Crippen molar-refractivity contribution in [2.75, 3.05) is 40.4 Å². The SMILES string of the molecule is CN(CCCOc1ccc(-c2nn(C)c3cc(Br)ccc23)c(F)c1)C(=O)OC(C)(C)C.CNCCCOc1ccc(-c2nn(C)c3cc(Br)ccc23)c(F)c1. The molecule has 1 amide bonds. The molecule has 1 N–H and O–H groups in total.